The summed E-state index contributed by atoms with van der Waals surface area (Å²) in [5.41, 5.74) is 0. The summed E-state index contributed by atoms with van der Waals surface area (Å²) in [6.45, 7) is 6.63. The monoisotopic (exact) mass is 291 g/mol. The van der Waals surface area contributed by atoms with E-state index in [-0.39, 0.29) is 5.75 Å². The van der Waals surface area contributed by atoms with Crippen LogP contribution in [0.5, 0.6) is 0 Å². The van der Waals surface area contributed by atoms with Crippen molar-refractivity contribution < 1.29 is 8.42 Å². The van der Waals surface area contributed by atoms with E-state index in [0.29, 0.717) is 12.5 Å². The van der Waals surface area contributed by atoms with Gasteiger partial charge in [-0.25, -0.2) is 13.1 Å². The lowest BCUT2D eigenvalue weighted by Crippen LogP contribution is -2.39. The van der Waals surface area contributed by atoms with Crippen molar-refractivity contribution in [1.29, 1.82) is 0 Å². The Bertz CT molecular complexity index is 333. The van der Waals surface area contributed by atoms with Crippen LogP contribution >= 0.6 is 0 Å². The molecule has 0 saturated carbocycles. The van der Waals surface area contributed by atoms with E-state index in [2.05, 4.69) is 28.9 Å². The summed E-state index contributed by atoms with van der Waals surface area (Å²) in [7, 11) is -0.983. The molecule has 0 aromatic heterocycles. The van der Waals surface area contributed by atoms with E-state index in [1.165, 1.54) is 6.42 Å². The molecule has 0 radical (unpaired) electrons. The Morgan fingerprint density at radius 1 is 1.32 bits per heavy atom. The summed E-state index contributed by atoms with van der Waals surface area (Å²) < 4.78 is 26.4. The van der Waals surface area contributed by atoms with Gasteiger partial charge in [0.15, 0.2) is 0 Å². The quantitative estimate of drug-likeness (QED) is 0.612. The maximum absolute atomic E-state index is 11.8. The Hall–Kier alpha value is -0.170. The molecule has 1 fully saturated rings. The van der Waals surface area contributed by atoms with E-state index in [0.717, 1.165) is 45.4 Å². The molecule has 1 heterocycles. The molecule has 0 bridgehead atoms. The summed E-state index contributed by atoms with van der Waals surface area (Å²) >= 11 is 0. The standard InChI is InChI=1S/C13H29N3O2S/c1-3-14-8-4-5-10-19(17,18)15-11-13-7-6-9-16(2)12-13/h13-15H,3-12H2,1-2H3. The molecule has 19 heavy (non-hydrogen) atoms. The summed E-state index contributed by atoms with van der Waals surface area (Å²) in [6.07, 6.45) is 3.95. The third-order valence-electron chi connectivity index (χ3n) is 3.58. The number of nitrogens with one attached hydrogen (secondary N) is 2. The number of nitrogens with zero attached hydrogens (tertiary/aromatic N) is 1. The minimum absolute atomic E-state index is 0.251. The molecule has 0 amide bonds. The number of rotatable bonds is 9. The van der Waals surface area contributed by atoms with Gasteiger partial charge in [-0.3, -0.25) is 0 Å². The highest BCUT2D eigenvalue weighted by Gasteiger charge is 2.19. The molecule has 1 saturated heterocycles. The topological polar surface area (TPSA) is 61.4 Å². The number of hydrogen-bond acceptors (Lipinski definition) is 4. The highest BCUT2D eigenvalue weighted by atomic mass is 32.2. The van der Waals surface area contributed by atoms with Crippen LogP contribution in [0.25, 0.3) is 0 Å². The summed E-state index contributed by atoms with van der Waals surface area (Å²) in [6, 6.07) is 0. The first kappa shape index (κ1) is 16.9. The lowest BCUT2D eigenvalue weighted by atomic mass is 9.99. The average Bonchev–Trinajstić information content (AvgIpc) is 2.36. The van der Waals surface area contributed by atoms with Gasteiger partial charge in [-0.1, -0.05) is 6.92 Å². The third kappa shape index (κ3) is 7.87. The summed E-state index contributed by atoms with van der Waals surface area (Å²) in [5, 5.41) is 3.20. The zero-order valence-corrected chi connectivity index (χ0v) is 13.1. The Morgan fingerprint density at radius 2 is 2.11 bits per heavy atom. The van der Waals surface area contributed by atoms with Gasteiger partial charge in [0.05, 0.1) is 5.75 Å². The lowest BCUT2D eigenvalue weighted by Gasteiger charge is -2.29. The number of unbranched alkanes of at least 4 members (excludes halogenated alkanes) is 1. The van der Waals surface area contributed by atoms with Crippen molar-refractivity contribution in [2.24, 2.45) is 5.92 Å². The van der Waals surface area contributed by atoms with Crippen molar-refractivity contribution in [2.75, 3.05) is 45.5 Å². The molecule has 0 aromatic carbocycles. The molecule has 0 aromatic rings. The minimum Gasteiger partial charge on any atom is -0.317 e. The van der Waals surface area contributed by atoms with Crippen LogP contribution in [0.4, 0.5) is 0 Å². The van der Waals surface area contributed by atoms with Gasteiger partial charge in [0.2, 0.25) is 10.0 Å². The number of likely N-dealkylation sites (tertiary alicyclic amines) is 1. The molecule has 0 aliphatic carbocycles. The minimum atomic E-state index is -3.08. The van der Waals surface area contributed by atoms with Crippen LogP contribution in [0.2, 0.25) is 0 Å². The fourth-order valence-electron chi connectivity index (χ4n) is 2.48. The smallest absolute Gasteiger partial charge is 0.211 e. The fraction of sp³-hybridized carbons (Fsp3) is 1.00. The average molecular weight is 291 g/mol. The van der Waals surface area contributed by atoms with Crippen molar-refractivity contribution in [3.05, 3.63) is 0 Å². The van der Waals surface area contributed by atoms with Crippen LogP contribution in [0.1, 0.15) is 32.6 Å². The van der Waals surface area contributed by atoms with Gasteiger partial charge in [0.1, 0.15) is 0 Å². The summed E-state index contributed by atoms with van der Waals surface area (Å²) in [5.74, 6) is 0.719. The molecule has 6 heteroatoms. The predicted molar refractivity (Wildman–Crippen MR) is 79.8 cm³/mol. The van der Waals surface area contributed by atoms with Crippen LogP contribution < -0.4 is 10.0 Å². The molecule has 114 valence electrons. The first-order valence-corrected chi connectivity index (χ1v) is 9.05. The highest BCUT2D eigenvalue weighted by molar-refractivity contribution is 7.89. The first-order chi connectivity index (χ1) is 9.03. The van der Waals surface area contributed by atoms with Crippen molar-refractivity contribution in [1.82, 2.24) is 14.9 Å². The van der Waals surface area contributed by atoms with Gasteiger partial charge in [-0.15, -0.1) is 0 Å². The molecule has 1 unspecified atom stereocenters. The van der Waals surface area contributed by atoms with Crippen molar-refractivity contribution in [3.8, 4) is 0 Å². The molecule has 2 N–H and O–H groups in total. The van der Waals surface area contributed by atoms with Crippen LogP contribution in [-0.2, 0) is 10.0 Å². The number of sulfonamides is 1. The maximum Gasteiger partial charge on any atom is 0.211 e. The fourth-order valence-corrected chi connectivity index (χ4v) is 3.69. The lowest BCUT2D eigenvalue weighted by molar-refractivity contribution is 0.211. The Kier molecular flexibility index (Phi) is 7.90. The molecule has 1 aliphatic rings. The van der Waals surface area contributed by atoms with E-state index in [1.54, 1.807) is 0 Å². The second kappa shape index (κ2) is 8.89. The third-order valence-corrected chi connectivity index (χ3v) is 5.01. The first-order valence-electron chi connectivity index (χ1n) is 7.40. The zero-order valence-electron chi connectivity index (χ0n) is 12.3. The highest BCUT2D eigenvalue weighted by Crippen LogP contribution is 2.14. The van der Waals surface area contributed by atoms with Gasteiger partial charge in [-0.05, 0) is 58.3 Å². The van der Waals surface area contributed by atoms with Crippen molar-refractivity contribution in [2.45, 2.75) is 32.6 Å². The van der Waals surface area contributed by atoms with Gasteiger partial charge in [0.25, 0.3) is 0 Å². The molecule has 0 spiro atoms. The van der Waals surface area contributed by atoms with Gasteiger partial charge < -0.3 is 10.2 Å². The maximum atomic E-state index is 11.8. The second-order valence-electron chi connectivity index (χ2n) is 5.50. The van der Waals surface area contributed by atoms with E-state index in [4.69, 9.17) is 0 Å². The molecule has 5 nitrogen and oxygen atoms in total. The molecular weight excluding hydrogens is 262 g/mol. The van der Waals surface area contributed by atoms with Gasteiger partial charge in [0, 0.05) is 13.1 Å². The number of hydrogen-bond donors (Lipinski definition) is 2. The Labute approximate surface area is 118 Å². The van der Waals surface area contributed by atoms with Crippen LogP contribution in [-0.4, -0.2) is 58.8 Å². The number of piperidine rings is 1. The molecule has 1 rings (SSSR count). The normalized spacial score (nSPS) is 21.7. The van der Waals surface area contributed by atoms with E-state index in [9.17, 15) is 8.42 Å². The summed E-state index contributed by atoms with van der Waals surface area (Å²) in [4.78, 5) is 2.28. The van der Waals surface area contributed by atoms with Crippen LogP contribution in [0, 0.1) is 5.92 Å². The Balaban J connectivity index is 2.15. The van der Waals surface area contributed by atoms with Crippen molar-refractivity contribution in [3.63, 3.8) is 0 Å². The zero-order chi connectivity index (χ0) is 14.1. The molecule has 1 aliphatic heterocycles. The van der Waals surface area contributed by atoms with Gasteiger partial charge in [-0.2, -0.15) is 0 Å². The Morgan fingerprint density at radius 3 is 2.79 bits per heavy atom. The molecular formula is C13H29N3O2S. The largest absolute Gasteiger partial charge is 0.317 e. The molecule has 1 atom stereocenters. The predicted octanol–water partition coefficient (Wildman–Crippen LogP) is 0.637. The van der Waals surface area contributed by atoms with E-state index in [1.807, 2.05) is 0 Å². The SMILES string of the molecule is CCNCCCCS(=O)(=O)NCC1CCCN(C)C1. The van der Waals surface area contributed by atoms with Gasteiger partial charge >= 0.3 is 0 Å². The van der Waals surface area contributed by atoms with Crippen molar-refractivity contribution >= 4 is 10.0 Å². The van der Waals surface area contributed by atoms with E-state index < -0.39 is 10.0 Å². The second-order valence-corrected chi connectivity index (χ2v) is 7.42. The van der Waals surface area contributed by atoms with Crippen LogP contribution in [0.15, 0.2) is 0 Å². The van der Waals surface area contributed by atoms with Crippen LogP contribution in [0.3, 0.4) is 0 Å². The van der Waals surface area contributed by atoms with E-state index >= 15 is 0 Å².